The molecule has 2 heterocycles. The van der Waals surface area contributed by atoms with Crippen LogP contribution in [-0.2, 0) is 6.42 Å². The predicted octanol–water partition coefficient (Wildman–Crippen LogP) is 3.37. The Hall–Kier alpha value is -1.55. The summed E-state index contributed by atoms with van der Waals surface area (Å²) in [6.45, 7) is 0.784. The fourth-order valence-corrected chi connectivity index (χ4v) is 2.72. The summed E-state index contributed by atoms with van der Waals surface area (Å²) >= 11 is 3.35. The first-order chi connectivity index (χ1) is 8.75. The molecule has 0 atom stereocenters. The van der Waals surface area contributed by atoms with E-state index in [0.717, 1.165) is 29.5 Å². The van der Waals surface area contributed by atoms with Crippen LogP contribution in [0.4, 0.5) is 5.69 Å². The molecule has 0 radical (unpaired) electrons. The van der Waals surface area contributed by atoms with Crippen molar-refractivity contribution in [3.8, 4) is 0 Å². The maximum absolute atomic E-state index is 12.4. The van der Waals surface area contributed by atoms with Crippen molar-refractivity contribution in [2.75, 3.05) is 11.4 Å². The smallest absolute Gasteiger partial charge is 0.274 e. The van der Waals surface area contributed by atoms with E-state index >= 15 is 0 Å². The van der Waals surface area contributed by atoms with E-state index in [4.69, 9.17) is 0 Å². The molecule has 1 N–H and O–H groups in total. The Kier molecular flexibility index (Phi) is 2.96. The number of H-pyrrole nitrogens is 1. The maximum Gasteiger partial charge on any atom is 0.274 e. The Morgan fingerprint density at radius 1 is 1.33 bits per heavy atom. The van der Waals surface area contributed by atoms with Gasteiger partial charge in [0.25, 0.3) is 5.91 Å². The van der Waals surface area contributed by atoms with Crippen molar-refractivity contribution in [1.82, 2.24) is 4.98 Å². The first-order valence-electron chi connectivity index (χ1n) is 5.99. The van der Waals surface area contributed by atoms with E-state index < -0.39 is 0 Å². The van der Waals surface area contributed by atoms with Crippen molar-refractivity contribution >= 4 is 27.5 Å². The molecule has 1 aromatic carbocycles. The number of anilines is 1. The molecule has 0 bridgehead atoms. The van der Waals surface area contributed by atoms with Gasteiger partial charge in [0.2, 0.25) is 0 Å². The summed E-state index contributed by atoms with van der Waals surface area (Å²) in [4.78, 5) is 17.3. The van der Waals surface area contributed by atoms with Crippen molar-refractivity contribution in [2.24, 2.45) is 0 Å². The second-order valence-corrected chi connectivity index (χ2v) is 5.34. The number of hydrogen-bond donors (Lipinski definition) is 1. The molecule has 1 aliphatic heterocycles. The lowest BCUT2D eigenvalue weighted by atomic mass is 10.0. The zero-order valence-electron chi connectivity index (χ0n) is 9.82. The molecule has 1 aromatic heterocycles. The normalized spacial score (nSPS) is 14.4. The van der Waals surface area contributed by atoms with Crippen molar-refractivity contribution in [2.45, 2.75) is 12.8 Å². The fourth-order valence-electron chi connectivity index (χ4n) is 2.38. The van der Waals surface area contributed by atoms with Crippen molar-refractivity contribution in [3.63, 3.8) is 0 Å². The van der Waals surface area contributed by atoms with Crippen LogP contribution < -0.4 is 4.90 Å². The molecule has 4 heteroatoms. The van der Waals surface area contributed by atoms with Crippen LogP contribution in [0.3, 0.4) is 0 Å². The summed E-state index contributed by atoms with van der Waals surface area (Å²) in [6, 6.07) is 9.94. The second kappa shape index (κ2) is 4.61. The van der Waals surface area contributed by atoms with E-state index in [1.807, 2.05) is 29.2 Å². The van der Waals surface area contributed by atoms with Crippen LogP contribution in [0.5, 0.6) is 0 Å². The van der Waals surface area contributed by atoms with E-state index in [0.29, 0.717) is 5.69 Å². The maximum atomic E-state index is 12.4. The standard InChI is InChI=1S/C14H13BrN2O/c15-11-8-12(16-9-11)14(18)17-7-3-5-10-4-1-2-6-13(10)17/h1-2,4,6,8-9,16H,3,5,7H2. The number of fused-ring (bicyclic) bond motifs is 1. The Labute approximate surface area is 114 Å². The average molecular weight is 305 g/mol. The summed E-state index contributed by atoms with van der Waals surface area (Å²) in [5.74, 6) is 0.0350. The number of amides is 1. The van der Waals surface area contributed by atoms with Crippen molar-refractivity contribution in [1.29, 1.82) is 0 Å². The highest BCUT2D eigenvalue weighted by atomic mass is 79.9. The minimum Gasteiger partial charge on any atom is -0.356 e. The lowest BCUT2D eigenvalue weighted by molar-refractivity contribution is 0.0981. The number of nitrogens with one attached hydrogen (secondary N) is 1. The highest BCUT2D eigenvalue weighted by molar-refractivity contribution is 9.10. The zero-order valence-corrected chi connectivity index (χ0v) is 11.4. The molecule has 0 saturated heterocycles. The largest absolute Gasteiger partial charge is 0.356 e. The number of nitrogens with zero attached hydrogens (tertiary/aromatic N) is 1. The van der Waals surface area contributed by atoms with Gasteiger partial charge in [-0.25, -0.2) is 0 Å². The topological polar surface area (TPSA) is 36.1 Å². The van der Waals surface area contributed by atoms with E-state index in [2.05, 4.69) is 27.0 Å². The molecule has 1 amide bonds. The number of aromatic nitrogens is 1. The van der Waals surface area contributed by atoms with E-state index in [9.17, 15) is 4.79 Å². The molecule has 0 aliphatic carbocycles. The number of carbonyl (C=O) groups excluding carboxylic acids is 1. The predicted molar refractivity (Wildman–Crippen MR) is 74.9 cm³/mol. The second-order valence-electron chi connectivity index (χ2n) is 4.42. The average Bonchev–Trinajstić information content (AvgIpc) is 2.84. The van der Waals surface area contributed by atoms with E-state index in [-0.39, 0.29) is 5.91 Å². The number of benzene rings is 1. The van der Waals surface area contributed by atoms with E-state index in [1.165, 1.54) is 5.56 Å². The molecule has 0 spiro atoms. The van der Waals surface area contributed by atoms with Gasteiger partial charge in [-0.2, -0.15) is 0 Å². The van der Waals surface area contributed by atoms with Crippen LogP contribution in [0.1, 0.15) is 22.5 Å². The lowest BCUT2D eigenvalue weighted by Gasteiger charge is -2.29. The summed E-state index contributed by atoms with van der Waals surface area (Å²) in [5.41, 5.74) is 2.92. The monoisotopic (exact) mass is 304 g/mol. The molecule has 0 saturated carbocycles. The number of para-hydroxylation sites is 1. The first kappa shape index (κ1) is 11.5. The van der Waals surface area contributed by atoms with Gasteiger partial charge in [0.05, 0.1) is 0 Å². The van der Waals surface area contributed by atoms with Gasteiger partial charge in [-0.15, -0.1) is 0 Å². The van der Waals surface area contributed by atoms with Gasteiger partial charge in [-0.3, -0.25) is 4.79 Å². The van der Waals surface area contributed by atoms with Crippen LogP contribution in [0.15, 0.2) is 41.0 Å². The molecular formula is C14H13BrN2O. The third kappa shape index (κ3) is 1.97. The number of rotatable bonds is 1. The number of aryl methyl sites for hydroxylation is 1. The van der Waals surface area contributed by atoms with Crippen LogP contribution in [-0.4, -0.2) is 17.4 Å². The summed E-state index contributed by atoms with van der Waals surface area (Å²) in [5, 5.41) is 0. The third-order valence-electron chi connectivity index (χ3n) is 3.23. The molecule has 92 valence electrons. The quantitative estimate of drug-likeness (QED) is 0.861. The van der Waals surface area contributed by atoms with Gasteiger partial charge in [0, 0.05) is 22.9 Å². The number of hydrogen-bond acceptors (Lipinski definition) is 1. The Bertz CT molecular complexity index is 591. The van der Waals surface area contributed by atoms with Crippen LogP contribution in [0.2, 0.25) is 0 Å². The minimum absolute atomic E-state index is 0.0350. The number of aromatic amines is 1. The number of halogens is 1. The third-order valence-corrected chi connectivity index (χ3v) is 3.69. The van der Waals surface area contributed by atoms with E-state index in [1.54, 1.807) is 6.20 Å². The molecule has 0 unspecified atom stereocenters. The van der Waals surface area contributed by atoms with Crippen molar-refractivity contribution < 1.29 is 4.79 Å². The molecule has 1 aliphatic rings. The lowest BCUT2D eigenvalue weighted by Crippen LogP contribution is -2.35. The van der Waals surface area contributed by atoms with Crippen LogP contribution >= 0.6 is 15.9 Å². The number of carbonyl (C=O) groups is 1. The Morgan fingerprint density at radius 2 is 2.17 bits per heavy atom. The van der Waals surface area contributed by atoms with Gasteiger partial charge < -0.3 is 9.88 Å². The fraction of sp³-hybridized carbons (Fsp3) is 0.214. The minimum atomic E-state index is 0.0350. The molecular weight excluding hydrogens is 292 g/mol. The van der Waals surface area contributed by atoms with Gasteiger partial charge in [0.15, 0.2) is 0 Å². The molecule has 18 heavy (non-hydrogen) atoms. The first-order valence-corrected chi connectivity index (χ1v) is 6.79. The SMILES string of the molecule is O=C(c1cc(Br)c[nH]1)N1CCCc2ccccc21. The summed E-state index contributed by atoms with van der Waals surface area (Å²) in [7, 11) is 0. The molecule has 3 rings (SSSR count). The van der Waals surface area contributed by atoms with Gasteiger partial charge in [-0.1, -0.05) is 18.2 Å². The zero-order chi connectivity index (χ0) is 12.5. The Balaban J connectivity index is 1.96. The molecule has 3 nitrogen and oxygen atoms in total. The highest BCUT2D eigenvalue weighted by Gasteiger charge is 2.23. The van der Waals surface area contributed by atoms with Gasteiger partial charge >= 0.3 is 0 Å². The summed E-state index contributed by atoms with van der Waals surface area (Å²) < 4.78 is 0.899. The van der Waals surface area contributed by atoms with Gasteiger partial charge in [0.1, 0.15) is 5.69 Å². The van der Waals surface area contributed by atoms with Gasteiger partial charge in [-0.05, 0) is 46.5 Å². The van der Waals surface area contributed by atoms with Crippen LogP contribution in [0, 0.1) is 0 Å². The highest BCUT2D eigenvalue weighted by Crippen LogP contribution is 2.28. The van der Waals surface area contributed by atoms with Crippen molar-refractivity contribution in [3.05, 3.63) is 52.3 Å². The van der Waals surface area contributed by atoms with Crippen LogP contribution in [0.25, 0.3) is 0 Å². The Morgan fingerprint density at radius 3 is 2.94 bits per heavy atom. The molecule has 0 fully saturated rings. The summed E-state index contributed by atoms with van der Waals surface area (Å²) in [6.07, 6.45) is 3.85. The molecule has 2 aromatic rings.